The number of carbonyl (C=O) groups excluding carboxylic acids is 1. The van der Waals surface area contributed by atoms with Gasteiger partial charge in [0.2, 0.25) is 0 Å². The Morgan fingerprint density at radius 1 is 1.10 bits per heavy atom. The molecule has 21 heavy (non-hydrogen) atoms. The van der Waals surface area contributed by atoms with Crippen molar-refractivity contribution in [1.29, 1.82) is 0 Å². The van der Waals surface area contributed by atoms with E-state index in [1.807, 2.05) is 0 Å². The van der Waals surface area contributed by atoms with Crippen LogP contribution in [0.25, 0.3) is 0 Å². The monoisotopic (exact) mass is 298 g/mol. The van der Waals surface area contributed by atoms with Gasteiger partial charge in [0.05, 0.1) is 0 Å². The lowest BCUT2D eigenvalue weighted by Crippen LogP contribution is -2.51. The minimum atomic E-state index is -1.53. The molecular formula is C15H20F2N2O2. The van der Waals surface area contributed by atoms with Crippen LogP contribution in [0.4, 0.5) is 8.78 Å². The summed E-state index contributed by atoms with van der Waals surface area (Å²) in [4.78, 5) is 16.0. The molecule has 0 radical (unpaired) electrons. The number of halogens is 2. The molecule has 1 aromatic rings. The molecule has 2 rings (SSSR count). The van der Waals surface area contributed by atoms with E-state index in [9.17, 15) is 18.7 Å². The fourth-order valence-electron chi connectivity index (χ4n) is 2.51. The number of nitrogens with zero attached hydrogens (tertiary/aromatic N) is 2. The molecule has 1 aliphatic rings. The van der Waals surface area contributed by atoms with Gasteiger partial charge in [-0.2, -0.15) is 0 Å². The maximum absolute atomic E-state index is 13.2. The molecule has 1 unspecified atom stereocenters. The van der Waals surface area contributed by atoms with Gasteiger partial charge < -0.3 is 10.0 Å². The van der Waals surface area contributed by atoms with Gasteiger partial charge in [-0.1, -0.05) is 0 Å². The second-order valence-corrected chi connectivity index (χ2v) is 5.56. The largest absolute Gasteiger partial charge is 0.378 e. The van der Waals surface area contributed by atoms with Crippen molar-refractivity contribution in [2.24, 2.45) is 0 Å². The Hall–Kier alpha value is -1.53. The molecule has 0 spiro atoms. The number of benzene rings is 1. The Morgan fingerprint density at radius 2 is 1.62 bits per heavy atom. The van der Waals surface area contributed by atoms with Crippen LogP contribution in [0.5, 0.6) is 0 Å². The van der Waals surface area contributed by atoms with E-state index in [-0.39, 0.29) is 5.56 Å². The molecule has 6 heteroatoms. The van der Waals surface area contributed by atoms with E-state index in [4.69, 9.17) is 0 Å². The molecule has 1 N–H and O–H groups in total. The standard InChI is InChI=1S/C15H20F2N2O2/c1-10(2)18-3-5-19(6-4-18)15(21)14(20)11-7-12(16)9-13(17)8-11/h7-10,14,20H,3-6H2,1-2H3. The zero-order valence-electron chi connectivity index (χ0n) is 12.2. The number of aliphatic hydroxyl groups is 1. The first-order valence-electron chi connectivity index (χ1n) is 7.05. The lowest BCUT2D eigenvalue weighted by molar-refractivity contribution is -0.142. The number of amides is 1. The predicted octanol–water partition coefficient (Wildman–Crippen LogP) is 1.55. The first-order valence-corrected chi connectivity index (χ1v) is 7.05. The number of piperazine rings is 1. The first-order chi connectivity index (χ1) is 9.88. The van der Waals surface area contributed by atoms with Crippen molar-refractivity contribution >= 4 is 5.91 Å². The maximum Gasteiger partial charge on any atom is 0.256 e. The minimum Gasteiger partial charge on any atom is -0.378 e. The molecule has 1 heterocycles. The van der Waals surface area contributed by atoms with E-state index in [2.05, 4.69) is 18.7 Å². The zero-order chi connectivity index (χ0) is 15.6. The Kier molecular flexibility index (Phi) is 4.90. The van der Waals surface area contributed by atoms with Gasteiger partial charge in [-0.05, 0) is 31.5 Å². The van der Waals surface area contributed by atoms with Gasteiger partial charge in [0, 0.05) is 38.3 Å². The van der Waals surface area contributed by atoms with Crippen LogP contribution in [0.3, 0.4) is 0 Å². The van der Waals surface area contributed by atoms with E-state index in [1.54, 1.807) is 0 Å². The van der Waals surface area contributed by atoms with E-state index < -0.39 is 23.6 Å². The molecule has 0 saturated carbocycles. The molecule has 0 bridgehead atoms. The lowest BCUT2D eigenvalue weighted by atomic mass is 10.1. The fraction of sp³-hybridized carbons (Fsp3) is 0.533. The highest BCUT2D eigenvalue weighted by molar-refractivity contribution is 5.82. The number of aliphatic hydroxyl groups excluding tert-OH is 1. The van der Waals surface area contributed by atoms with Crippen LogP contribution in [-0.2, 0) is 4.79 Å². The summed E-state index contributed by atoms with van der Waals surface area (Å²) in [6.07, 6.45) is -1.53. The SMILES string of the molecule is CC(C)N1CCN(C(=O)C(O)c2cc(F)cc(F)c2)CC1. The minimum absolute atomic E-state index is 0.0520. The van der Waals surface area contributed by atoms with Crippen LogP contribution < -0.4 is 0 Å². The van der Waals surface area contributed by atoms with Gasteiger partial charge in [0.25, 0.3) is 5.91 Å². The third-order valence-electron chi connectivity index (χ3n) is 3.79. The van der Waals surface area contributed by atoms with Crippen LogP contribution in [0.1, 0.15) is 25.5 Å². The van der Waals surface area contributed by atoms with E-state index in [1.165, 1.54) is 4.90 Å². The second kappa shape index (κ2) is 6.49. The van der Waals surface area contributed by atoms with Crippen molar-refractivity contribution in [3.8, 4) is 0 Å². The Balaban J connectivity index is 2.03. The summed E-state index contributed by atoms with van der Waals surface area (Å²) in [6, 6.07) is 3.08. The van der Waals surface area contributed by atoms with E-state index in [0.717, 1.165) is 25.2 Å². The van der Waals surface area contributed by atoms with Crippen LogP contribution in [0, 0.1) is 11.6 Å². The normalized spacial score (nSPS) is 18.1. The highest BCUT2D eigenvalue weighted by Crippen LogP contribution is 2.19. The third kappa shape index (κ3) is 3.77. The summed E-state index contributed by atoms with van der Waals surface area (Å²) >= 11 is 0. The average Bonchev–Trinajstić information content (AvgIpc) is 2.44. The number of carbonyl (C=O) groups is 1. The van der Waals surface area contributed by atoms with Gasteiger partial charge in [-0.3, -0.25) is 9.69 Å². The van der Waals surface area contributed by atoms with Gasteiger partial charge in [0.15, 0.2) is 6.10 Å². The molecule has 1 amide bonds. The first kappa shape index (κ1) is 15.9. The maximum atomic E-state index is 13.2. The Labute approximate surface area is 123 Å². The summed E-state index contributed by atoms with van der Waals surface area (Å²) in [5.41, 5.74) is -0.0520. The fourth-order valence-corrected chi connectivity index (χ4v) is 2.51. The summed E-state index contributed by atoms with van der Waals surface area (Å²) in [5, 5.41) is 10.0. The molecule has 1 fully saturated rings. The highest BCUT2D eigenvalue weighted by Gasteiger charge is 2.28. The van der Waals surface area contributed by atoms with Crippen LogP contribution in [-0.4, -0.2) is 53.0 Å². The zero-order valence-corrected chi connectivity index (χ0v) is 12.2. The molecule has 116 valence electrons. The van der Waals surface area contributed by atoms with Crippen molar-refractivity contribution in [3.63, 3.8) is 0 Å². The molecule has 1 saturated heterocycles. The molecule has 0 aromatic heterocycles. The lowest BCUT2D eigenvalue weighted by Gasteiger charge is -2.37. The van der Waals surface area contributed by atoms with E-state index >= 15 is 0 Å². The molecular weight excluding hydrogens is 278 g/mol. The third-order valence-corrected chi connectivity index (χ3v) is 3.79. The number of rotatable bonds is 3. The van der Waals surface area contributed by atoms with Gasteiger partial charge >= 0.3 is 0 Å². The number of hydrogen-bond acceptors (Lipinski definition) is 3. The molecule has 1 atom stereocenters. The smallest absolute Gasteiger partial charge is 0.256 e. The average molecular weight is 298 g/mol. The van der Waals surface area contributed by atoms with Gasteiger partial charge in [0.1, 0.15) is 11.6 Å². The molecule has 4 nitrogen and oxygen atoms in total. The van der Waals surface area contributed by atoms with Crippen molar-refractivity contribution in [1.82, 2.24) is 9.80 Å². The van der Waals surface area contributed by atoms with Gasteiger partial charge in [-0.25, -0.2) is 8.78 Å². The van der Waals surface area contributed by atoms with Crippen molar-refractivity contribution < 1.29 is 18.7 Å². The highest BCUT2D eigenvalue weighted by atomic mass is 19.1. The van der Waals surface area contributed by atoms with Crippen molar-refractivity contribution in [2.75, 3.05) is 26.2 Å². The Bertz CT molecular complexity index is 494. The van der Waals surface area contributed by atoms with Crippen LogP contribution >= 0.6 is 0 Å². The van der Waals surface area contributed by atoms with Crippen molar-refractivity contribution in [2.45, 2.75) is 26.0 Å². The molecule has 1 aliphatic heterocycles. The Morgan fingerprint density at radius 3 is 2.10 bits per heavy atom. The summed E-state index contributed by atoms with van der Waals surface area (Å²) < 4.78 is 26.3. The quantitative estimate of drug-likeness (QED) is 0.921. The van der Waals surface area contributed by atoms with Crippen molar-refractivity contribution in [3.05, 3.63) is 35.4 Å². The summed E-state index contributed by atoms with van der Waals surface area (Å²) in [5.74, 6) is -2.12. The second-order valence-electron chi connectivity index (χ2n) is 5.56. The van der Waals surface area contributed by atoms with Gasteiger partial charge in [-0.15, -0.1) is 0 Å². The van der Waals surface area contributed by atoms with Crippen LogP contribution in [0.2, 0.25) is 0 Å². The topological polar surface area (TPSA) is 43.8 Å². The molecule has 1 aromatic carbocycles. The summed E-state index contributed by atoms with van der Waals surface area (Å²) in [7, 11) is 0. The van der Waals surface area contributed by atoms with Crippen LogP contribution in [0.15, 0.2) is 18.2 Å². The number of hydrogen-bond donors (Lipinski definition) is 1. The predicted molar refractivity (Wildman–Crippen MR) is 74.6 cm³/mol. The van der Waals surface area contributed by atoms with E-state index in [0.29, 0.717) is 25.2 Å². The molecule has 0 aliphatic carbocycles. The summed E-state index contributed by atoms with van der Waals surface area (Å²) in [6.45, 7) is 6.64.